The molecule has 1 rings (SSSR count). The SMILES string of the molecule is Fc1ccc(OCOCC(F)(F)F)c(C#CCCCl)c1. The van der Waals surface area contributed by atoms with Gasteiger partial charge in [-0.15, -0.1) is 11.6 Å². The molecule has 0 saturated heterocycles. The quantitative estimate of drug-likeness (QED) is 0.271. The van der Waals surface area contributed by atoms with Crippen molar-refractivity contribution in [2.75, 3.05) is 19.3 Å². The molecule has 0 aliphatic heterocycles. The lowest BCUT2D eigenvalue weighted by Crippen LogP contribution is -2.19. The zero-order valence-electron chi connectivity index (χ0n) is 10.3. The van der Waals surface area contributed by atoms with Crippen LogP contribution in [-0.4, -0.2) is 25.5 Å². The van der Waals surface area contributed by atoms with Gasteiger partial charge in [0.25, 0.3) is 0 Å². The molecule has 1 aromatic carbocycles. The molecule has 0 amide bonds. The zero-order valence-corrected chi connectivity index (χ0v) is 11.0. The van der Waals surface area contributed by atoms with Gasteiger partial charge in [-0.3, -0.25) is 0 Å². The summed E-state index contributed by atoms with van der Waals surface area (Å²) >= 11 is 5.45. The van der Waals surface area contributed by atoms with Gasteiger partial charge in [0, 0.05) is 12.3 Å². The first-order chi connectivity index (χ1) is 9.42. The molecule has 0 saturated carbocycles. The van der Waals surface area contributed by atoms with Gasteiger partial charge in [0.2, 0.25) is 0 Å². The molecule has 0 aliphatic carbocycles. The molecule has 0 fully saturated rings. The average Bonchev–Trinajstić information content (AvgIpc) is 2.36. The molecule has 0 radical (unpaired) electrons. The van der Waals surface area contributed by atoms with Crippen LogP contribution in [0.25, 0.3) is 0 Å². The van der Waals surface area contributed by atoms with Gasteiger partial charge in [0.15, 0.2) is 6.79 Å². The van der Waals surface area contributed by atoms with Crippen LogP contribution in [0.15, 0.2) is 18.2 Å². The monoisotopic (exact) mass is 310 g/mol. The van der Waals surface area contributed by atoms with Crippen molar-refractivity contribution in [1.82, 2.24) is 0 Å². The molecule has 0 bridgehead atoms. The molecule has 0 N–H and O–H groups in total. The number of alkyl halides is 4. The Labute approximate surface area is 118 Å². The van der Waals surface area contributed by atoms with E-state index in [2.05, 4.69) is 16.6 Å². The highest BCUT2D eigenvalue weighted by Gasteiger charge is 2.27. The highest BCUT2D eigenvalue weighted by atomic mass is 35.5. The molecule has 0 unspecified atom stereocenters. The van der Waals surface area contributed by atoms with Crippen LogP contribution < -0.4 is 4.74 Å². The Kier molecular flexibility index (Phi) is 6.62. The van der Waals surface area contributed by atoms with Gasteiger partial charge >= 0.3 is 6.18 Å². The second-order valence-corrected chi connectivity index (χ2v) is 3.99. The number of hydrogen-bond donors (Lipinski definition) is 0. The molecule has 0 aliphatic rings. The molecule has 1 aromatic rings. The average molecular weight is 311 g/mol. The fourth-order valence-electron chi connectivity index (χ4n) is 1.19. The number of hydrogen-bond acceptors (Lipinski definition) is 2. The van der Waals surface area contributed by atoms with E-state index in [-0.39, 0.29) is 11.3 Å². The van der Waals surface area contributed by atoms with E-state index in [1.54, 1.807) is 0 Å². The highest BCUT2D eigenvalue weighted by molar-refractivity contribution is 6.18. The number of benzene rings is 1. The fourth-order valence-corrected chi connectivity index (χ4v) is 1.29. The van der Waals surface area contributed by atoms with E-state index >= 15 is 0 Å². The van der Waals surface area contributed by atoms with Gasteiger partial charge in [-0.1, -0.05) is 11.8 Å². The second kappa shape index (κ2) is 7.98. The number of ether oxygens (including phenoxy) is 2. The van der Waals surface area contributed by atoms with Crippen LogP contribution in [0.3, 0.4) is 0 Å². The van der Waals surface area contributed by atoms with Gasteiger partial charge < -0.3 is 9.47 Å². The van der Waals surface area contributed by atoms with Crippen LogP contribution in [0.2, 0.25) is 0 Å². The number of halogens is 5. The topological polar surface area (TPSA) is 18.5 Å². The molecule has 7 heteroatoms. The van der Waals surface area contributed by atoms with Crippen LogP contribution >= 0.6 is 11.6 Å². The smallest absolute Gasteiger partial charge is 0.411 e. The molecule has 0 spiro atoms. The van der Waals surface area contributed by atoms with Crippen molar-refractivity contribution in [3.05, 3.63) is 29.6 Å². The Hall–Kier alpha value is -1.45. The lowest BCUT2D eigenvalue weighted by molar-refractivity contribution is -0.186. The maximum atomic E-state index is 13.1. The third kappa shape index (κ3) is 6.64. The molecular weight excluding hydrogens is 300 g/mol. The summed E-state index contributed by atoms with van der Waals surface area (Å²) in [6.45, 7) is -2.02. The third-order valence-corrected chi connectivity index (χ3v) is 2.14. The third-order valence-electron chi connectivity index (χ3n) is 1.95. The maximum absolute atomic E-state index is 13.1. The predicted molar refractivity (Wildman–Crippen MR) is 66.1 cm³/mol. The van der Waals surface area contributed by atoms with Gasteiger partial charge in [0.05, 0.1) is 5.56 Å². The zero-order chi connectivity index (χ0) is 15.0. The summed E-state index contributed by atoms with van der Waals surface area (Å²) in [6.07, 6.45) is -4.02. The minimum absolute atomic E-state index is 0.149. The van der Waals surface area contributed by atoms with Crippen molar-refractivity contribution in [2.24, 2.45) is 0 Å². The molecule has 2 nitrogen and oxygen atoms in total. The Morgan fingerprint density at radius 1 is 1.25 bits per heavy atom. The van der Waals surface area contributed by atoms with Crippen molar-refractivity contribution in [2.45, 2.75) is 12.6 Å². The van der Waals surface area contributed by atoms with E-state index in [0.29, 0.717) is 12.3 Å². The lowest BCUT2D eigenvalue weighted by Gasteiger charge is -2.10. The van der Waals surface area contributed by atoms with Gasteiger partial charge in [0.1, 0.15) is 18.2 Å². The molecule has 110 valence electrons. The maximum Gasteiger partial charge on any atom is 0.411 e. The van der Waals surface area contributed by atoms with Crippen LogP contribution in [0.5, 0.6) is 5.75 Å². The molecule has 20 heavy (non-hydrogen) atoms. The van der Waals surface area contributed by atoms with Crippen LogP contribution in [0, 0.1) is 17.7 Å². The summed E-state index contributed by atoms with van der Waals surface area (Å²) in [5, 5.41) is 0. The van der Waals surface area contributed by atoms with E-state index in [1.165, 1.54) is 6.07 Å². The normalized spacial score (nSPS) is 10.8. The summed E-state index contributed by atoms with van der Waals surface area (Å²) in [5.41, 5.74) is 0.228. The van der Waals surface area contributed by atoms with Gasteiger partial charge in [-0.05, 0) is 18.2 Å². The van der Waals surface area contributed by atoms with E-state index in [0.717, 1.165) is 12.1 Å². The first-order valence-electron chi connectivity index (χ1n) is 5.54. The van der Waals surface area contributed by atoms with E-state index < -0.39 is 25.4 Å². The summed E-state index contributed by atoms with van der Waals surface area (Å²) in [4.78, 5) is 0. The van der Waals surface area contributed by atoms with Crippen LogP contribution in [0.1, 0.15) is 12.0 Å². The Morgan fingerprint density at radius 2 is 2.00 bits per heavy atom. The summed E-state index contributed by atoms with van der Waals surface area (Å²) in [7, 11) is 0. The van der Waals surface area contributed by atoms with Crippen molar-refractivity contribution in [3.8, 4) is 17.6 Å². The lowest BCUT2D eigenvalue weighted by atomic mass is 10.2. The summed E-state index contributed by atoms with van der Waals surface area (Å²) in [6, 6.07) is 3.52. The minimum Gasteiger partial charge on any atom is -0.466 e. The minimum atomic E-state index is -4.42. The van der Waals surface area contributed by atoms with Gasteiger partial charge in [-0.25, -0.2) is 4.39 Å². The standard InChI is InChI=1S/C13H11ClF4O2/c14-6-2-1-3-10-7-11(15)4-5-12(10)20-9-19-8-13(16,17)18/h4-5,7H,2,6,8-9H2. The first-order valence-corrected chi connectivity index (χ1v) is 6.07. The second-order valence-electron chi connectivity index (χ2n) is 3.61. The van der Waals surface area contributed by atoms with E-state index in [4.69, 9.17) is 16.3 Å². The van der Waals surface area contributed by atoms with Crippen LogP contribution in [0.4, 0.5) is 17.6 Å². The Bertz CT molecular complexity index is 491. The Morgan fingerprint density at radius 3 is 2.65 bits per heavy atom. The molecule has 0 aromatic heterocycles. The van der Waals surface area contributed by atoms with Crippen molar-refractivity contribution >= 4 is 11.6 Å². The summed E-state index contributed by atoms with van der Waals surface area (Å²) < 4.78 is 57.9. The largest absolute Gasteiger partial charge is 0.466 e. The predicted octanol–water partition coefficient (Wildman–Crippen LogP) is 3.72. The molecule has 0 heterocycles. The fraction of sp³-hybridized carbons (Fsp3) is 0.385. The molecule has 0 atom stereocenters. The number of rotatable bonds is 5. The van der Waals surface area contributed by atoms with Gasteiger partial charge in [-0.2, -0.15) is 13.2 Å². The van der Waals surface area contributed by atoms with Crippen molar-refractivity contribution < 1.29 is 27.0 Å². The first kappa shape index (κ1) is 16.6. The van der Waals surface area contributed by atoms with Crippen LogP contribution in [-0.2, 0) is 4.74 Å². The Balaban J connectivity index is 2.63. The van der Waals surface area contributed by atoms with Crippen molar-refractivity contribution in [3.63, 3.8) is 0 Å². The highest BCUT2D eigenvalue weighted by Crippen LogP contribution is 2.19. The molecular formula is C13H11ClF4O2. The van der Waals surface area contributed by atoms with E-state index in [9.17, 15) is 17.6 Å². The van der Waals surface area contributed by atoms with Crippen molar-refractivity contribution in [1.29, 1.82) is 0 Å². The van der Waals surface area contributed by atoms with E-state index in [1.807, 2.05) is 0 Å². The summed E-state index contributed by atoms with van der Waals surface area (Å²) in [5.74, 6) is 5.27.